The molecule has 106 valence electrons. The molecule has 0 aliphatic heterocycles. The molecule has 1 heterocycles. The summed E-state index contributed by atoms with van der Waals surface area (Å²) >= 11 is 0. The summed E-state index contributed by atoms with van der Waals surface area (Å²) in [6.07, 6.45) is 0.714. The number of ether oxygens (including phenoxy) is 1. The molecule has 0 atom stereocenters. The van der Waals surface area contributed by atoms with Crippen LogP contribution in [-0.2, 0) is 17.2 Å². The topological polar surface area (TPSA) is 48.3 Å². The van der Waals surface area contributed by atoms with Crippen LogP contribution in [-0.4, -0.2) is 23.9 Å². The van der Waals surface area contributed by atoms with Gasteiger partial charge in [0.25, 0.3) is 0 Å². The van der Waals surface area contributed by atoms with E-state index >= 15 is 0 Å². The van der Waals surface area contributed by atoms with Crippen LogP contribution in [0.25, 0.3) is 10.9 Å². The monoisotopic (exact) mass is 273 g/mol. The van der Waals surface area contributed by atoms with E-state index in [1.165, 1.54) is 7.11 Å². The smallest absolute Gasteiger partial charge is 0.355 e. The minimum atomic E-state index is -0.497. The van der Waals surface area contributed by atoms with Crippen molar-refractivity contribution in [2.75, 3.05) is 7.11 Å². The molecule has 0 saturated heterocycles. The predicted octanol–water partition coefficient (Wildman–Crippen LogP) is 3.07. The van der Waals surface area contributed by atoms with Crippen molar-refractivity contribution in [3.8, 4) is 0 Å². The molecule has 0 bridgehead atoms. The molecular weight excluding hydrogens is 254 g/mol. The molecule has 1 aromatic carbocycles. The normalized spacial score (nSPS) is 11.7. The second-order valence-corrected chi connectivity index (χ2v) is 5.91. The molecule has 4 heteroatoms. The van der Waals surface area contributed by atoms with Gasteiger partial charge in [-0.05, 0) is 17.0 Å². The van der Waals surface area contributed by atoms with Gasteiger partial charge < -0.3 is 9.30 Å². The molecule has 2 rings (SSSR count). The molecule has 20 heavy (non-hydrogen) atoms. The minimum Gasteiger partial charge on any atom is -0.464 e. The van der Waals surface area contributed by atoms with Gasteiger partial charge in [-0.3, -0.25) is 4.79 Å². The van der Waals surface area contributed by atoms with E-state index in [0.717, 1.165) is 16.5 Å². The average molecular weight is 273 g/mol. The second-order valence-electron chi connectivity index (χ2n) is 5.91. The lowest BCUT2D eigenvalue weighted by Crippen LogP contribution is -2.11. The van der Waals surface area contributed by atoms with Crippen molar-refractivity contribution in [2.24, 2.45) is 7.05 Å². The fourth-order valence-corrected chi connectivity index (χ4v) is 2.39. The third-order valence-electron chi connectivity index (χ3n) is 3.60. The molecule has 4 nitrogen and oxygen atoms in total. The Labute approximate surface area is 118 Å². The van der Waals surface area contributed by atoms with E-state index in [4.69, 9.17) is 4.74 Å². The molecule has 1 aromatic heterocycles. The maximum absolute atomic E-state index is 11.9. The summed E-state index contributed by atoms with van der Waals surface area (Å²) < 4.78 is 6.49. The number of esters is 1. The molecular formula is C16H19NO3. The number of nitrogens with zero attached hydrogens (tertiary/aromatic N) is 1. The van der Waals surface area contributed by atoms with Crippen molar-refractivity contribution in [1.82, 2.24) is 4.57 Å². The summed E-state index contributed by atoms with van der Waals surface area (Å²) in [5, 5.41) is 0.774. The van der Waals surface area contributed by atoms with Crippen LogP contribution in [0.5, 0.6) is 0 Å². The molecule has 0 radical (unpaired) electrons. The van der Waals surface area contributed by atoms with Crippen LogP contribution in [0.3, 0.4) is 0 Å². The number of aryl methyl sites for hydroxylation is 1. The number of methoxy groups -OCH3 is 1. The molecule has 0 aliphatic carbocycles. The van der Waals surface area contributed by atoms with E-state index in [0.29, 0.717) is 17.5 Å². The highest BCUT2D eigenvalue weighted by Gasteiger charge is 2.23. The number of aromatic nitrogens is 1. The summed E-state index contributed by atoms with van der Waals surface area (Å²) in [6, 6.07) is 5.91. The van der Waals surface area contributed by atoms with Crippen LogP contribution in [0, 0.1) is 0 Å². The number of carbonyl (C=O) groups excluding carboxylic acids is 2. The van der Waals surface area contributed by atoms with Crippen LogP contribution in [0.15, 0.2) is 18.2 Å². The van der Waals surface area contributed by atoms with Crippen molar-refractivity contribution < 1.29 is 14.3 Å². The lowest BCUT2D eigenvalue weighted by atomic mass is 9.86. The highest BCUT2D eigenvalue weighted by atomic mass is 16.5. The van der Waals surface area contributed by atoms with E-state index in [9.17, 15) is 9.59 Å². The largest absolute Gasteiger partial charge is 0.464 e. The van der Waals surface area contributed by atoms with Gasteiger partial charge in [0.05, 0.1) is 12.7 Å². The van der Waals surface area contributed by atoms with Gasteiger partial charge in [0, 0.05) is 18.0 Å². The maximum Gasteiger partial charge on any atom is 0.355 e. The summed E-state index contributed by atoms with van der Waals surface area (Å²) in [6.45, 7) is 6.37. The van der Waals surface area contributed by atoms with E-state index in [1.807, 2.05) is 18.2 Å². The first kappa shape index (κ1) is 14.3. The molecule has 0 N–H and O–H groups in total. The lowest BCUT2D eigenvalue weighted by molar-refractivity contribution is 0.0588. The van der Waals surface area contributed by atoms with E-state index in [1.54, 1.807) is 11.6 Å². The standard InChI is InChI=1S/C16H19NO3/c1-16(2,3)10-6-7-11-12(9-18)14(15(19)20-5)17(4)13(11)8-10/h6-9H,1-5H3. The van der Waals surface area contributed by atoms with Gasteiger partial charge in [-0.25, -0.2) is 4.79 Å². The van der Waals surface area contributed by atoms with Crippen LogP contribution >= 0.6 is 0 Å². The van der Waals surface area contributed by atoms with Crippen molar-refractivity contribution in [1.29, 1.82) is 0 Å². The van der Waals surface area contributed by atoms with Gasteiger partial charge in [-0.1, -0.05) is 32.9 Å². The molecule has 0 unspecified atom stereocenters. The summed E-state index contributed by atoms with van der Waals surface area (Å²) in [5.74, 6) is -0.497. The first-order valence-corrected chi connectivity index (χ1v) is 6.47. The van der Waals surface area contributed by atoms with Gasteiger partial charge in [-0.2, -0.15) is 0 Å². The van der Waals surface area contributed by atoms with Gasteiger partial charge in [0.1, 0.15) is 5.69 Å². The Balaban J connectivity index is 2.81. The fraction of sp³-hybridized carbons (Fsp3) is 0.375. The number of hydrogen-bond donors (Lipinski definition) is 0. The van der Waals surface area contributed by atoms with Gasteiger partial charge in [0.2, 0.25) is 0 Å². The summed E-state index contributed by atoms with van der Waals surface area (Å²) in [7, 11) is 3.09. The van der Waals surface area contributed by atoms with Crippen LogP contribution in [0.2, 0.25) is 0 Å². The Morgan fingerprint density at radius 1 is 1.30 bits per heavy atom. The van der Waals surface area contributed by atoms with Crippen molar-refractivity contribution in [3.05, 3.63) is 35.0 Å². The number of aldehydes is 1. The fourth-order valence-electron chi connectivity index (χ4n) is 2.39. The first-order chi connectivity index (χ1) is 9.31. The van der Waals surface area contributed by atoms with Gasteiger partial charge in [0.15, 0.2) is 6.29 Å². The Kier molecular flexibility index (Phi) is 3.42. The zero-order chi connectivity index (χ0) is 15.1. The first-order valence-electron chi connectivity index (χ1n) is 6.47. The number of rotatable bonds is 2. The van der Waals surface area contributed by atoms with Crippen LogP contribution < -0.4 is 0 Å². The maximum atomic E-state index is 11.9. The van der Waals surface area contributed by atoms with Crippen LogP contribution in [0.1, 0.15) is 47.2 Å². The SMILES string of the molecule is COC(=O)c1c(C=O)c2ccc(C(C)(C)C)cc2n1C. The average Bonchev–Trinajstić information content (AvgIpc) is 2.69. The van der Waals surface area contributed by atoms with Crippen molar-refractivity contribution in [2.45, 2.75) is 26.2 Å². The number of carbonyl (C=O) groups is 2. The van der Waals surface area contributed by atoms with Gasteiger partial charge in [-0.15, -0.1) is 0 Å². The quantitative estimate of drug-likeness (QED) is 0.624. The molecule has 0 aliphatic rings. The van der Waals surface area contributed by atoms with Crippen LogP contribution in [0.4, 0.5) is 0 Å². The number of fused-ring (bicyclic) bond motifs is 1. The molecule has 0 fully saturated rings. The Morgan fingerprint density at radius 3 is 2.45 bits per heavy atom. The Hall–Kier alpha value is -2.10. The highest BCUT2D eigenvalue weighted by Crippen LogP contribution is 2.30. The zero-order valence-electron chi connectivity index (χ0n) is 12.5. The summed E-state index contributed by atoms with van der Waals surface area (Å²) in [4.78, 5) is 23.2. The summed E-state index contributed by atoms with van der Waals surface area (Å²) in [5.41, 5.74) is 2.70. The second kappa shape index (κ2) is 4.78. The van der Waals surface area contributed by atoms with E-state index in [-0.39, 0.29) is 5.41 Å². The predicted molar refractivity (Wildman–Crippen MR) is 78.3 cm³/mol. The molecule has 0 spiro atoms. The van der Waals surface area contributed by atoms with Crippen molar-refractivity contribution in [3.63, 3.8) is 0 Å². The zero-order valence-corrected chi connectivity index (χ0v) is 12.5. The number of hydrogen-bond acceptors (Lipinski definition) is 3. The Bertz CT molecular complexity index is 690. The molecule has 2 aromatic rings. The minimum absolute atomic E-state index is 0.00519. The molecule has 0 saturated carbocycles. The third kappa shape index (κ3) is 2.11. The highest BCUT2D eigenvalue weighted by molar-refractivity contribution is 6.08. The molecule has 0 amide bonds. The lowest BCUT2D eigenvalue weighted by Gasteiger charge is -2.19. The third-order valence-corrected chi connectivity index (χ3v) is 3.60. The number of benzene rings is 1. The Morgan fingerprint density at radius 2 is 1.95 bits per heavy atom. The van der Waals surface area contributed by atoms with E-state index < -0.39 is 5.97 Å². The van der Waals surface area contributed by atoms with Gasteiger partial charge >= 0.3 is 5.97 Å². The van der Waals surface area contributed by atoms with Crippen molar-refractivity contribution >= 4 is 23.2 Å². The van der Waals surface area contributed by atoms with E-state index in [2.05, 4.69) is 20.8 Å².